The average molecular weight is 363 g/mol. The third kappa shape index (κ3) is 4.03. The first-order chi connectivity index (χ1) is 13.2. The van der Waals surface area contributed by atoms with E-state index in [1.54, 1.807) is 6.20 Å². The molecule has 0 unspecified atom stereocenters. The zero-order chi connectivity index (χ0) is 18.6. The van der Waals surface area contributed by atoms with Gasteiger partial charge in [0.05, 0.1) is 16.8 Å². The lowest BCUT2D eigenvalue weighted by Crippen LogP contribution is -2.29. The molecule has 1 amide bonds. The molecule has 138 valence electrons. The lowest BCUT2D eigenvalue weighted by Gasteiger charge is -2.23. The molecule has 0 spiro atoms. The van der Waals surface area contributed by atoms with Crippen LogP contribution in [0.2, 0.25) is 0 Å². The lowest BCUT2D eigenvalue weighted by atomic mass is 10.0. The summed E-state index contributed by atoms with van der Waals surface area (Å²) < 4.78 is 5.38. The summed E-state index contributed by atoms with van der Waals surface area (Å²) in [7, 11) is 0. The number of amides is 1. The Balaban J connectivity index is 1.61. The summed E-state index contributed by atoms with van der Waals surface area (Å²) in [6.07, 6.45) is 5.59. The van der Waals surface area contributed by atoms with Crippen LogP contribution in [0.1, 0.15) is 34.5 Å². The first-order valence-corrected chi connectivity index (χ1v) is 9.03. The summed E-state index contributed by atoms with van der Waals surface area (Å²) in [5.74, 6) is -0.00516. The third-order valence-corrected chi connectivity index (χ3v) is 4.73. The van der Waals surface area contributed by atoms with Gasteiger partial charge >= 0.3 is 0 Å². The SMILES string of the molecule is NC(=O)c1cnc(NC2CCOCC2)nc1Cc1ccc2ncccc2c1. The van der Waals surface area contributed by atoms with E-state index in [0.29, 0.717) is 23.6 Å². The van der Waals surface area contributed by atoms with E-state index in [1.807, 2.05) is 24.3 Å². The molecule has 1 saturated heterocycles. The lowest BCUT2D eigenvalue weighted by molar-refractivity contribution is 0.0903. The molecule has 3 heterocycles. The number of pyridine rings is 1. The highest BCUT2D eigenvalue weighted by molar-refractivity contribution is 5.93. The van der Waals surface area contributed by atoms with Crippen LogP contribution in [-0.4, -0.2) is 40.1 Å². The number of carbonyl (C=O) groups is 1. The van der Waals surface area contributed by atoms with Gasteiger partial charge < -0.3 is 15.8 Å². The van der Waals surface area contributed by atoms with Crippen molar-refractivity contribution >= 4 is 22.8 Å². The fourth-order valence-corrected chi connectivity index (χ4v) is 3.28. The van der Waals surface area contributed by atoms with Crippen LogP contribution in [-0.2, 0) is 11.2 Å². The molecule has 0 bridgehead atoms. The Morgan fingerprint density at radius 1 is 1.22 bits per heavy atom. The molecule has 1 fully saturated rings. The molecule has 2 aromatic heterocycles. The van der Waals surface area contributed by atoms with Crippen LogP contribution in [0.15, 0.2) is 42.7 Å². The van der Waals surface area contributed by atoms with Crippen molar-refractivity contribution in [2.45, 2.75) is 25.3 Å². The van der Waals surface area contributed by atoms with Gasteiger partial charge in [-0.05, 0) is 36.6 Å². The summed E-state index contributed by atoms with van der Waals surface area (Å²) in [4.78, 5) is 25.0. The first kappa shape index (κ1) is 17.4. The van der Waals surface area contributed by atoms with Gasteiger partial charge in [0.25, 0.3) is 5.91 Å². The highest BCUT2D eigenvalue weighted by Gasteiger charge is 2.17. The minimum atomic E-state index is -0.523. The highest BCUT2D eigenvalue weighted by atomic mass is 16.5. The highest BCUT2D eigenvalue weighted by Crippen LogP contribution is 2.19. The largest absolute Gasteiger partial charge is 0.381 e. The molecule has 0 radical (unpaired) electrons. The van der Waals surface area contributed by atoms with Crippen molar-refractivity contribution in [1.29, 1.82) is 0 Å². The van der Waals surface area contributed by atoms with E-state index in [9.17, 15) is 4.79 Å². The topological polar surface area (TPSA) is 103 Å². The van der Waals surface area contributed by atoms with Crippen LogP contribution >= 0.6 is 0 Å². The number of anilines is 1. The zero-order valence-corrected chi connectivity index (χ0v) is 14.9. The minimum absolute atomic E-state index is 0.276. The molecular formula is C20H21N5O2. The van der Waals surface area contributed by atoms with Crippen molar-refractivity contribution in [1.82, 2.24) is 15.0 Å². The number of nitrogens with one attached hydrogen (secondary N) is 1. The molecule has 1 aliphatic rings. The standard InChI is InChI=1S/C20H21N5O2/c21-19(26)16-12-23-20(24-15-5-8-27-9-6-15)25-18(16)11-13-3-4-17-14(10-13)2-1-7-22-17/h1-4,7,10,12,15H,5-6,8-9,11H2,(H2,21,26)(H,23,24,25). The molecular weight excluding hydrogens is 342 g/mol. The molecule has 1 aromatic carbocycles. The Morgan fingerprint density at radius 2 is 2.07 bits per heavy atom. The molecule has 7 nitrogen and oxygen atoms in total. The fraction of sp³-hybridized carbons (Fsp3) is 0.300. The van der Waals surface area contributed by atoms with Crippen LogP contribution in [0, 0.1) is 0 Å². The van der Waals surface area contributed by atoms with E-state index in [2.05, 4.69) is 26.3 Å². The van der Waals surface area contributed by atoms with Crippen molar-refractivity contribution in [3.8, 4) is 0 Å². The quantitative estimate of drug-likeness (QED) is 0.721. The minimum Gasteiger partial charge on any atom is -0.381 e. The molecule has 4 rings (SSSR count). The van der Waals surface area contributed by atoms with Crippen molar-refractivity contribution in [3.05, 3.63) is 59.5 Å². The van der Waals surface area contributed by atoms with Crippen molar-refractivity contribution < 1.29 is 9.53 Å². The number of hydrogen-bond donors (Lipinski definition) is 2. The number of ether oxygens (including phenoxy) is 1. The van der Waals surface area contributed by atoms with E-state index >= 15 is 0 Å². The van der Waals surface area contributed by atoms with Gasteiger partial charge in [0.1, 0.15) is 0 Å². The summed E-state index contributed by atoms with van der Waals surface area (Å²) in [5.41, 5.74) is 8.46. The van der Waals surface area contributed by atoms with Gasteiger partial charge in [0.2, 0.25) is 5.95 Å². The van der Waals surface area contributed by atoms with E-state index < -0.39 is 5.91 Å². The summed E-state index contributed by atoms with van der Waals surface area (Å²) >= 11 is 0. The Labute approximate surface area is 157 Å². The van der Waals surface area contributed by atoms with E-state index in [0.717, 1.165) is 42.5 Å². The second-order valence-electron chi connectivity index (χ2n) is 6.66. The Hall–Kier alpha value is -3.06. The van der Waals surface area contributed by atoms with Gasteiger partial charge in [-0.3, -0.25) is 9.78 Å². The average Bonchev–Trinajstić information content (AvgIpc) is 2.69. The number of primary amides is 1. The smallest absolute Gasteiger partial charge is 0.252 e. The number of nitrogens with two attached hydrogens (primary N) is 1. The third-order valence-electron chi connectivity index (χ3n) is 4.73. The van der Waals surface area contributed by atoms with Gasteiger partial charge in [0, 0.05) is 43.5 Å². The Kier molecular flexibility index (Phi) is 4.93. The first-order valence-electron chi connectivity index (χ1n) is 9.03. The molecule has 3 aromatic rings. The van der Waals surface area contributed by atoms with Crippen LogP contribution in [0.25, 0.3) is 10.9 Å². The molecule has 0 saturated carbocycles. The zero-order valence-electron chi connectivity index (χ0n) is 14.9. The molecule has 3 N–H and O–H groups in total. The van der Waals surface area contributed by atoms with Gasteiger partial charge in [-0.2, -0.15) is 0 Å². The molecule has 7 heteroatoms. The predicted octanol–water partition coefficient (Wildman–Crippen LogP) is 2.31. The summed E-state index contributed by atoms with van der Waals surface area (Å²) in [6.45, 7) is 1.46. The molecule has 0 atom stereocenters. The van der Waals surface area contributed by atoms with Crippen LogP contribution in [0.5, 0.6) is 0 Å². The van der Waals surface area contributed by atoms with Crippen molar-refractivity contribution in [2.75, 3.05) is 18.5 Å². The number of rotatable bonds is 5. The second kappa shape index (κ2) is 7.67. The Bertz CT molecular complexity index is 969. The normalized spacial score (nSPS) is 15.0. The summed E-state index contributed by atoms with van der Waals surface area (Å²) in [5, 5.41) is 4.38. The number of aromatic nitrogens is 3. The van der Waals surface area contributed by atoms with Crippen molar-refractivity contribution in [2.24, 2.45) is 5.73 Å². The molecule has 0 aliphatic carbocycles. The van der Waals surface area contributed by atoms with Crippen LogP contribution in [0.3, 0.4) is 0 Å². The van der Waals surface area contributed by atoms with Crippen molar-refractivity contribution in [3.63, 3.8) is 0 Å². The number of nitrogens with zero attached hydrogens (tertiary/aromatic N) is 3. The number of fused-ring (bicyclic) bond motifs is 1. The fourth-order valence-electron chi connectivity index (χ4n) is 3.28. The maximum atomic E-state index is 11.8. The monoisotopic (exact) mass is 363 g/mol. The van der Waals surface area contributed by atoms with E-state index in [1.165, 1.54) is 6.20 Å². The van der Waals surface area contributed by atoms with Gasteiger partial charge in [0.15, 0.2) is 0 Å². The second-order valence-corrected chi connectivity index (χ2v) is 6.66. The van der Waals surface area contributed by atoms with E-state index in [-0.39, 0.29) is 6.04 Å². The predicted molar refractivity (Wildman–Crippen MR) is 103 cm³/mol. The molecule has 1 aliphatic heterocycles. The number of hydrogen-bond acceptors (Lipinski definition) is 6. The van der Waals surface area contributed by atoms with Crippen LogP contribution < -0.4 is 11.1 Å². The van der Waals surface area contributed by atoms with Gasteiger partial charge in [-0.25, -0.2) is 9.97 Å². The molecule has 27 heavy (non-hydrogen) atoms. The maximum absolute atomic E-state index is 11.8. The summed E-state index contributed by atoms with van der Waals surface area (Å²) in [6, 6.07) is 10.2. The number of carbonyl (C=O) groups excluding carboxylic acids is 1. The maximum Gasteiger partial charge on any atom is 0.252 e. The van der Waals surface area contributed by atoms with Crippen LogP contribution in [0.4, 0.5) is 5.95 Å². The van der Waals surface area contributed by atoms with E-state index in [4.69, 9.17) is 10.5 Å². The number of benzene rings is 1. The van der Waals surface area contributed by atoms with Gasteiger partial charge in [-0.15, -0.1) is 0 Å². The van der Waals surface area contributed by atoms with Gasteiger partial charge in [-0.1, -0.05) is 12.1 Å². The Morgan fingerprint density at radius 3 is 2.89 bits per heavy atom.